The highest BCUT2D eigenvalue weighted by Gasteiger charge is 2.27. The van der Waals surface area contributed by atoms with E-state index in [1.807, 2.05) is 0 Å². The second kappa shape index (κ2) is 5.22. The van der Waals surface area contributed by atoms with Gasteiger partial charge in [0.05, 0.1) is 4.90 Å². The van der Waals surface area contributed by atoms with Gasteiger partial charge in [-0.05, 0) is 37.1 Å². The van der Waals surface area contributed by atoms with Crippen LogP contribution < -0.4 is 15.8 Å². The Morgan fingerprint density at radius 3 is 2.65 bits per heavy atom. The van der Waals surface area contributed by atoms with Gasteiger partial charge in [0.2, 0.25) is 21.8 Å². The molecule has 1 unspecified atom stereocenters. The molecule has 8 heteroatoms. The second-order valence-corrected chi connectivity index (χ2v) is 6.23. The molecule has 0 saturated carbocycles. The molecule has 0 aromatic heterocycles. The van der Waals surface area contributed by atoms with E-state index in [9.17, 15) is 18.0 Å². The molecule has 1 fully saturated rings. The first-order valence-corrected chi connectivity index (χ1v) is 7.55. The Balaban J connectivity index is 2.14. The van der Waals surface area contributed by atoms with Crippen molar-refractivity contribution in [2.24, 2.45) is 5.14 Å². The number of benzene rings is 1. The first kappa shape index (κ1) is 14.5. The third-order valence-electron chi connectivity index (χ3n) is 3.10. The molecule has 1 heterocycles. The van der Waals surface area contributed by atoms with Crippen LogP contribution in [0.25, 0.3) is 0 Å². The molecule has 1 aromatic carbocycles. The fourth-order valence-electron chi connectivity index (χ4n) is 1.98. The third-order valence-corrected chi connectivity index (χ3v) is 4.01. The summed E-state index contributed by atoms with van der Waals surface area (Å²) < 4.78 is 22.4. The van der Waals surface area contributed by atoms with E-state index < -0.39 is 16.1 Å². The van der Waals surface area contributed by atoms with Gasteiger partial charge < -0.3 is 10.6 Å². The number of sulfonamides is 1. The molecule has 20 heavy (non-hydrogen) atoms. The van der Waals surface area contributed by atoms with Crippen LogP contribution in [-0.2, 0) is 19.6 Å². The molecule has 0 bridgehead atoms. The van der Waals surface area contributed by atoms with Crippen LogP contribution in [-0.4, -0.2) is 26.3 Å². The van der Waals surface area contributed by atoms with Gasteiger partial charge in [-0.2, -0.15) is 0 Å². The van der Waals surface area contributed by atoms with E-state index >= 15 is 0 Å². The lowest BCUT2D eigenvalue weighted by Crippen LogP contribution is -2.37. The monoisotopic (exact) mass is 297 g/mol. The van der Waals surface area contributed by atoms with Crippen molar-refractivity contribution in [3.05, 3.63) is 23.8 Å². The highest BCUT2D eigenvalue weighted by molar-refractivity contribution is 7.89. The van der Waals surface area contributed by atoms with Gasteiger partial charge in [-0.3, -0.25) is 9.59 Å². The van der Waals surface area contributed by atoms with E-state index in [0.717, 1.165) is 0 Å². The number of hydrogen-bond donors (Lipinski definition) is 3. The van der Waals surface area contributed by atoms with Gasteiger partial charge in [0, 0.05) is 12.1 Å². The minimum atomic E-state index is -3.76. The molecule has 0 aliphatic carbocycles. The van der Waals surface area contributed by atoms with Gasteiger partial charge in [-0.25, -0.2) is 13.6 Å². The van der Waals surface area contributed by atoms with Crippen LogP contribution in [0.1, 0.15) is 18.4 Å². The molecule has 4 N–H and O–H groups in total. The molecule has 1 atom stereocenters. The molecule has 0 radical (unpaired) electrons. The van der Waals surface area contributed by atoms with Crippen molar-refractivity contribution in [3.8, 4) is 0 Å². The highest BCUT2D eigenvalue weighted by atomic mass is 32.2. The van der Waals surface area contributed by atoms with Gasteiger partial charge in [0.15, 0.2) is 0 Å². The summed E-state index contributed by atoms with van der Waals surface area (Å²) in [5.41, 5.74) is 1.07. The molecule has 0 spiro atoms. The maximum atomic E-state index is 11.9. The fraction of sp³-hybridized carbons (Fsp3) is 0.333. The minimum Gasteiger partial charge on any atom is -0.344 e. The minimum absolute atomic E-state index is 0.0119. The summed E-state index contributed by atoms with van der Waals surface area (Å²) >= 11 is 0. The van der Waals surface area contributed by atoms with Crippen molar-refractivity contribution in [1.82, 2.24) is 5.32 Å². The van der Waals surface area contributed by atoms with Crippen LogP contribution in [0.3, 0.4) is 0 Å². The van der Waals surface area contributed by atoms with E-state index in [-0.39, 0.29) is 16.7 Å². The van der Waals surface area contributed by atoms with Crippen molar-refractivity contribution in [3.63, 3.8) is 0 Å². The Bertz CT molecular complexity index is 669. The topological polar surface area (TPSA) is 118 Å². The zero-order chi connectivity index (χ0) is 14.9. The quantitative estimate of drug-likeness (QED) is 0.719. The van der Waals surface area contributed by atoms with Gasteiger partial charge in [0.1, 0.15) is 6.04 Å². The number of carbonyl (C=O) groups is 2. The van der Waals surface area contributed by atoms with Crippen molar-refractivity contribution in [2.45, 2.75) is 30.7 Å². The van der Waals surface area contributed by atoms with Crippen LogP contribution >= 0.6 is 0 Å². The third kappa shape index (κ3) is 3.14. The van der Waals surface area contributed by atoms with Gasteiger partial charge in [-0.15, -0.1) is 0 Å². The molecule has 2 rings (SSSR count). The number of nitrogens with one attached hydrogen (secondary N) is 2. The summed E-state index contributed by atoms with van der Waals surface area (Å²) in [6.07, 6.45) is 0.792. The smallest absolute Gasteiger partial charge is 0.246 e. The SMILES string of the molecule is Cc1cc(S(N)(=O)=O)ccc1NC(=O)C1CCC(=O)N1. The maximum Gasteiger partial charge on any atom is 0.246 e. The number of nitrogens with two attached hydrogens (primary N) is 1. The summed E-state index contributed by atoms with van der Waals surface area (Å²) in [6, 6.07) is 3.65. The predicted molar refractivity (Wildman–Crippen MR) is 72.3 cm³/mol. The molecular formula is C12H15N3O4S. The number of rotatable bonds is 3. The summed E-state index contributed by atoms with van der Waals surface area (Å²) in [5.74, 6) is -0.464. The molecule has 1 aromatic rings. The number of hydrogen-bond acceptors (Lipinski definition) is 4. The van der Waals surface area contributed by atoms with Crippen LogP contribution in [0.2, 0.25) is 0 Å². The molecule has 2 amide bonds. The maximum absolute atomic E-state index is 11.9. The molecular weight excluding hydrogens is 282 g/mol. The van der Waals surface area contributed by atoms with E-state index in [1.54, 1.807) is 6.92 Å². The van der Waals surface area contributed by atoms with Crippen LogP contribution in [0.15, 0.2) is 23.1 Å². The van der Waals surface area contributed by atoms with Crippen molar-refractivity contribution in [2.75, 3.05) is 5.32 Å². The summed E-state index contributed by atoms with van der Waals surface area (Å²) in [7, 11) is -3.76. The lowest BCUT2D eigenvalue weighted by molar-refractivity contribution is -0.122. The lowest BCUT2D eigenvalue weighted by Gasteiger charge is -2.13. The number of aryl methyl sites for hydroxylation is 1. The molecule has 7 nitrogen and oxygen atoms in total. The van der Waals surface area contributed by atoms with Crippen molar-refractivity contribution >= 4 is 27.5 Å². The standard InChI is InChI=1S/C12H15N3O4S/c1-7-6-8(20(13,18)19)2-3-9(7)15-12(17)10-4-5-11(16)14-10/h2-3,6,10H,4-5H2,1H3,(H,14,16)(H,15,17)(H2,13,18,19). The van der Waals surface area contributed by atoms with E-state index in [1.165, 1.54) is 18.2 Å². The van der Waals surface area contributed by atoms with Gasteiger partial charge in [0.25, 0.3) is 0 Å². The number of amides is 2. The highest BCUT2D eigenvalue weighted by Crippen LogP contribution is 2.20. The Morgan fingerprint density at radius 2 is 2.15 bits per heavy atom. The van der Waals surface area contributed by atoms with Gasteiger partial charge >= 0.3 is 0 Å². The Labute approximate surface area is 116 Å². The Morgan fingerprint density at radius 1 is 1.45 bits per heavy atom. The average molecular weight is 297 g/mol. The summed E-state index contributed by atoms with van der Waals surface area (Å²) in [5, 5.41) is 10.3. The molecule has 1 aliphatic heterocycles. The van der Waals surface area contributed by atoms with Crippen LogP contribution in [0.4, 0.5) is 5.69 Å². The summed E-state index contributed by atoms with van der Waals surface area (Å²) in [6.45, 7) is 1.66. The average Bonchev–Trinajstić information content (AvgIpc) is 2.77. The molecule has 1 aliphatic rings. The fourth-order valence-corrected chi connectivity index (χ4v) is 2.58. The first-order chi connectivity index (χ1) is 9.27. The molecule has 108 valence electrons. The van der Waals surface area contributed by atoms with E-state index in [4.69, 9.17) is 5.14 Å². The van der Waals surface area contributed by atoms with Crippen molar-refractivity contribution in [1.29, 1.82) is 0 Å². The number of anilines is 1. The predicted octanol–water partition coefficient (Wildman–Crippen LogP) is -0.140. The first-order valence-electron chi connectivity index (χ1n) is 6.01. The normalized spacial score (nSPS) is 18.7. The number of carbonyl (C=O) groups excluding carboxylic acids is 2. The second-order valence-electron chi connectivity index (χ2n) is 4.67. The van der Waals surface area contributed by atoms with E-state index in [0.29, 0.717) is 24.1 Å². The Kier molecular flexibility index (Phi) is 3.78. The Hall–Kier alpha value is -1.93. The zero-order valence-corrected chi connectivity index (χ0v) is 11.7. The van der Waals surface area contributed by atoms with Gasteiger partial charge in [-0.1, -0.05) is 0 Å². The lowest BCUT2D eigenvalue weighted by atomic mass is 10.1. The summed E-state index contributed by atoms with van der Waals surface area (Å²) in [4.78, 5) is 23.0. The van der Waals surface area contributed by atoms with Crippen molar-refractivity contribution < 1.29 is 18.0 Å². The number of primary sulfonamides is 1. The van der Waals surface area contributed by atoms with Crippen LogP contribution in [0.5, 0.6) is 0 Å². The largest absolute Gasteiger partial charge is 0.344 e. The van der Waals surface area contributed by atoms with E-state index in [2.05, 4.69) is 10.6 Å². The molecule has 1 saturated heterocycles. The van der Waals surface area contributed by atoms with Crippen LogP contribution in [0, 0.1) is 6.92 Å². The zero-order valence-electron chi connectivity index (χ0n) is 10.8.